The van der Waals surface area contributed by atoms with Gasteiger partial charge in [0.05, 0.1) is 18.1 Å². The maximum Gasteiger partial charge on any atom is 0.178 e. The summed E-state index contributed by atoms with van der Waals surface area (Å²) < 4.78 is 8.33. The standard InChI is InChI=1S/C16H24N2OS/c1-11(2)6-5-7-12(3)18-15-10-13(19-4)8-9-14(15)17-16(18)20/h8-12H,5-7H2,1-4H3,(H,17,20). The van der Waals surface area contributed by atoms with E-state index in [0.717, 1.165) is 33.9 Å². The Balaban J connectivity index is 2.27. The van der Waals surface area contributed by atoms with Crippen LogP contribution >= 0.6 is 12.2 Å². The van der Waals surface area contributed by atoms with Crippen LogP contribution in [0.5, 0.6) is 5.75 Å². The molecule has 0 aliphatic heterocycles. The number of nitrogens with one attached hydrogen (secondary N) is 1. The second kappa shape index (κ2) is 6.44. The number of nitrogens with zero attached hydrogens (tertiary/aromatic N) is 1. The number of rotatable bonds is 6. The number of imidazole rings is 1. The summed E-state index contributed by atoms with van der Waals surface area (Å²) in [5, 5.41) is 0. The van der Waals surface area contributed by atoms with E-state index in [2.05, 4.69) is 36.4 Å². The zero-order valence-corrected chi connectivity index (χ0v) is 13.6. The molecule has 1 atom stereocenters. The summed E-state index contributed by atoms with van der Waals surface area (Å²) in [7, 11) is 1.69. The van der Waals surface area contributed by atoms with E-state index in [1.807, 2.05) is 12.1 Å². The van der Waals surface area contributed by atoms with E-state index in [0.29, 0.717) is 6.04 Å². The molecule has 3 nitrogen and oxygen atoms in total. The molecule has 0 radical (unpaired) electrons. The molecule has 1 aromatic carbocycles. The fourth-order valence-electron chi connectivity index (χ4n) is 2.62. The fourth-order valence-corrected chi connectivity index (χ4v) is 3.00. The highest BCUT2D eigenvalue weighted by atomic mass is 32.1. The molecule has 0 amide bonds. The van der Waals surface area contributed by atoms with E-state index in [9.17, 15) is 0 Å². The quantitative estimate of drug-likeness (QED) is 0.751. The number of H-pyrrole nitrogens is 1. The van der Waals surface area contributed by atoms with Crippen LogP contribution in [0.4, 0.5) is 0 Å². The number of ether oxygens (including phenoxy) is 1. The zero-order valence-electron chi connectivity index (χ0n) is 12.8. The van der Waals surface area contributed by atoms with E-state index >= 15 is 0 Å². The van der Waals surface area contributed by atoms with Gasteiger partial charge in [-0.3, -0.25) is 0 Å². The molecular weight excluding hydrogens is 268 g/mol. The van der Waals surface area contributed by atoms with Crippen molar-refractivity contribution in [1.29, 1.82) is 0 Å². The first kappa shape index (κ1) is 15.1. The third kappa shape index (κ3) is 3.23. The van der Waals surface area contributed by atoms with Crippen molar-refractivity contribution in [2.75, 3.05) is 7.11 Å². The number of fused-ring (bicyclic) bond motifs is 1. The number of methoxy groups -OCH3 is 1. The van der Waals surface area contributed by atoms with Crippen LogP contribution in [0.15, 0.2) is 18.2 Å². The number of aromatic nitrogens is 2. The maximum absolute atomic E-state index is 5.48. The van der Waals surface area contributed by atoms with Crippen molar-refractivity contribution in [2.24, 2.45) is 5.92 Å². The lowest BCUT2D eigenvalue weighted by Gasteiger charge is -2.15. The first-order valence-corrected chi connectivity index (χ1v) is 7.72. The van der Waals surface area contributed by atoms with E-state index in [1.54, 1.807) is 7.11 Å². The van der Waals surface area contributed by atoms with Crippen molar-refractivity contribution in [2.45, 2.75) is 46.1 Å². The van der Waals surface area contributed by atoms with Gasteiger partial charge >= 0.3 is 0 Å². The van der Waals surface area contributed by atoms with Gasteiger partial charge in [-0.05, 0) is 43.6 Å². The Morgan fingerprint density at radius 3 is 2.65 bits per heavy atom. The summed E-state index contributed by atoms with van der Waals surface area (Å²) in [6.07, 6.45) is 3.65. The molecule has 110 valence electrons. The molecule has 20 heavy (non-hydrogen) atoms. The van der Waals surface area contributed by atoms with Crippen LogP contribution in [0.2, 0.25) is 0 Å². The Morgan fingerprint density at radius 2 is 2.00 bits per heavy atom. The SMILES string of the molecule is COc1ccc2[nH]c(=S)n(C(C)CCCC(C)C)c2c1. The molecule has 1 N–H and O–H groups in total. The maximum atomic E-state index is 5.48. The molecule has 0 bridgehead atoms. The van der Waals surface area contributed by atoms with E-state index < -0.39 is 0 Å². The molecule has 0 spiro atoms. The zero-order chi connectivity index (χ0) is 14.7. The van der Waals surface area contributed by atoms with Crippen molar-refractivity contribution in [3.8, 4) is 5.75 Å². The molecule has 4 heteroatoms. The minimum absolute atomic E-state index is 0.405. The van der Waals surface area contributed by atoms with Gasteiger partial charge in [-0.15, -0.1) is 0 Å². The highest BCUT2D eigenvalue weighted by Crippen LogP contribution is 2.26. The highest BCUT2D eigenvalue weighted by Gasteiger charge is 2.12. The Labute approximate surface area is 126 Å². The highest BCUT2D eigenvalue weighted by molar-refractivity contribution is 7.71. The first-order chi connectivity index (χ1) is 9.52. The molecule has 1 unspecified atom stereocenters. The summed E-state index contributed by atoms with van der Waals surface area (Å²) in [5.41, 5.74) is 2.21. The van der Waals surface area contributed by atoms with Crippen LogP contribution in [0.3, 0.4) is 0 Å². The van der Waals surface area contributed by atoms with Crippen molar-refractivity contribution >= 4 is 23.3 Å². The van der Waals surface area contributed by atoms with Gasteiger partial charge in [0.15, 0.2) is 4.77 Å². The molecule has 0 saturated carbocycles. The predicted octanol–water partition coefficient (Wildman–Crippen LogP) is 5.09. The lowest BCUT2D eigenvalue weighted by molar-refractivity contribution is 0.414. The summed E-state index contributed by atoms with van der Waals surface area (Å²) >= 11 is 5.48. The van der Waals surface area contributed by atoms with Gasteiger partial charge in [-0.25, -0.2) is 0 Å². The van der Waals surface area contributed by atoms with Crippen molar-refractivity contribution in [3.63, 3.8) is 0 Å². The van der Waals surface area contributed by atoms with E-state index in [-0.39, 0.29) is 0 Å². The van der Waals surface area contributed by atoms with Crippen molar-refractivity contribution in [3.05, 3.63) is 23.0 Å². The number of benzene rings is 1. The lowest BCUT2D eigenvalue weighted by atomic mass is 10.0. The fraction of sp³-hybridized carbons (Fsp3) is 0.562. The predicted molar refractivity (Wildman–Crippen MR) is 87.1 cm³/mol. The summed E-state index contributed by atoms with van der Waals surface area (Å²) in [5.74, 6) is 1.63. The average Bonchev–Trinajstić information content (AvgIpc) is 2.72. The summed E-state index contributed by atoms with van der Waals surface area (Å²) in [6.45, 7) is 6.78. The number of aromatic amines is 1. The summed E-state index contributed by atoms with van der Waals surface area (Å²) in [6, 6.07) is 6.45. The Morgan fingerprint density at radius 1 is 1.25 bits per heavy atom. The number of hydrogen-bond acceptors (Lipinski definition) is 2. The third-order valence-electron chi connectivity index (χ3n) is 3.77. The smallest absolute Gasteiger partial charge is 0.178 e. The second-order valence-corrected chi connectivity index (χ2v) is 6.24. The molecule has 1 aromatic heterocycles. The minimum Gasteiger partial charge on any atom is -0.497 e. The van der Waals surface area contributed by atoms with E-state index in [4.69, 9.17) is 17.0 Å². The molecule has 0 saturated heterocycles. The first-order valence-electron chi connectivity index (χ1n) is 7.31. The van der Waals surface area contributed by atoms with Gasteiger partial charge in [0.25, 0.3) is 0 Å². The minimum atomic E-state index is 0.405. The number of hydrogen-bond donors (Lipinski definition) is 1. The van der Waals surface area contributed by atoms with Gasteiger partial charge in [-0.1, -0.05) is 26.7 Å². The molecular formula is C16H24N2OS. The van der Waals surface area contributed by atoms with E-state index in [1.165, 1.54) is 12.8 Å². The average molecular weight is 292 g/mol. The van der Waals surface area contributed by atoms with Gasteiger partial charge in [0.2, 0.25) is 0 Å². The normalized spacial score (nSPS) is 13.1. The Hall–Kier alpha value is -1.29. The molecule has 2 rings (SSSR count). The van der Waals surface area contributed by atoms with Crippen LogP contribution in [-0.2, 0) is 0 Å². The van der Waals surface area contributed by atoms with Gasteiger partial charge in [0, 0.05) is 12.1 Å². The summed E-state index contributed by atoms with van der Waals surface area (Å²) in [4.78, 5) is 3.28. The lowest BCUT2D eigenvalue weighted by Crippen LogP contribution is -2.05. The Kier molecular flexibility index (Phi) is 4.86. The molecule has 0 fully saturated rings. The Bertz CT molecular complexity index is 627. The van der Waals surface area contributed by atoms with Crippen LogP contribution in [0, 0.1) is 10.7 Å². The molecule has 0 aliphatic carbocycles. The van der Waals surface area contributed by atoms with Crippen LogP contribution in [-0.4, -0.2) is 16.7 Å². The van der Waals surface area contributed by atoms with Crippen molar-refractivity contribution in [1.82, 2.24) is 9.55 Å². The topological polar surface area (TPSA) is 29.9 Å². The molecule has 2 aromatic rings. The second-order valence-electron chi connectivity index (χ2n) is 5.86. The van der Waals surface area contributed by atoms with Crippen LogP contribution < -0.4 is 4.74 Å². The van der Waals surface area contributed by atoms with Crippen LogP contribution in [0.1, 0.15) is 46.1 Å². The van der Waals surface area contributed by atoms with Crippen molar-refractivity contribution < 1.29 is 4.74 Å². The van der Waals surface area contributed by atoms with Gasteiger partial charge in [0.1, 0.15) is 5.75 Å². The molecule has 1 heterocycles. The van der Waals surface area contributed by atoms with Crippen LogP contribution in [0.25, 0.3) is 11.0 Å². The largest absolute Gasteiger partial charge is 0.497 e. The monoisotopic (exact) mass is 292 g/mol. The van der Waals surface area contributed by atoms with Gasteiger partial charge < -0.3 is 14.3 Å². The molecule has 0 aliphatic rings. The third-order valence-corrected chi connectivity index (χ3v) is 4.07. The van der Waals surface area contributed by atoms with Gasteiger partial charge in [-0.2, -0.15) is 0 Å².